The molecule has 0 spiro atoms. The van der Waals surface area contributed by atoms with E-state index in [0.29, 0.717) is 24.6 Å². The second-order valence-electron chi connectivity index (χ2n) is 7.73. The summed E-state index contributed by atoms with van der Waals surface area (Å²) in [6.45, 7) is 6.90. The van der Waals surface area contributed by atoms with E-state index in [2.05, 4.69) is 10.1 Å². The topological polar surface area (TPSA) is 72.4 Å². The molecule has 2 aromatic rings. The Morgan fingerprint density at radius 1 is 1.32 bits per heavy atom. The van der Waals surface area contributed by atoms with Crippen LogP contribution in [0.25, 0.3) is 0 Å². The van der Waals surface area contributed by atoms with Gasteiger partial charge >= 0.3 is 0 Å². The van der Waals surface area contributed by atoms with Crippen LogP contribution in [0.2, 0.25) is 0 Å². The first-order valence-corrected chi connectivity index (χ1v) is 9.11. The van der Waals surface area contributed by atoms with Crippen molar-refractivity contribution in [3.63, 3.8) is 0 Å². The summed E-state index contributed by atoms with van der Waals surface area (Å²) in [7, 11) is 0. The zero-order valence-electron chi connectivity index (χ0n) is 15.3. The van der Waals surface area contributed by atoms with Crippen molar-refractivity contribution in [2.45, 2.75) is 70.8 Å². The van der Waals surface area contributed by atoms with Gasteiger partial charge in [-0.15, -0.1) is 0 Å². The zero-order valence-corrected chi connectivity index (χ0v) is 15.3. The predicted molar refractivity (Wildman–Crippen MR) is 92.9 cm³/mol. The molecule has 1 saturated heterocycles. The first-order chi connectivity index (χ1) is 11.9. The van der Waals surface area contributed by atoms with Crippen LogP contribution in [0.4, 0.5) is 0 Å². The summed E-state index contributed by atoms with van der Waals surface area (Å²) in [5.74, 6) is 2.21. The van der Waals surface area contributed by atoms with Crippen molar-refractivity contribution in [3.8, 4) is 0 Å². The second-order valence-corrected chi connectivity index (χ2v) is 7.73. The molecule has 3 rings (SSSR count). The van der Waals surface area contributed by atoms with Crippen LogP contribution in [0.5, 0.6) is 0 Å². The van der Waals surface area contributed by atoms with Gasteiger partial charge in [0, 0.05) is 24.8 Å². The number of amides is 1. The summed E-state index contributed by atoms with van der Waals surface area (Å²) in [6, 6.07) is 3.89. The molecule has 136 valence electrons. The monoisotopic (exact) mass is 345 g/mol. The summed E-state index contributed by atoms with van der Waals surface area (Å²) < 4.78 is 10.9. The first-order valence-electron chi connectivity index (χ1n) is 9.11. The van der Waals surface area contributed by atoms with Crippen LogP contribution in [-0.2, 0) is 16.6 Å². The van der Waals surface area contributed by atoms with Gasteiger partial charge in [0.15, 0.2) is 5.82 Å². The molecule has 0 N–H and O–H groups in total. The van der Waals surface area contributed by atoms with E-state index >= 15 is 0 Å². The Balaban J connectivity index is 1.65. The van der Waals surface area contributed by atoms with Gasteiger partial charge in [0.2, 0.25) is 11.8 Å². The molecule has 6 nitrogen and oxygen atoms in total. The molecule has 1 fully saturated rings. The third kappa shape index (κ3) is 4.30. The maximum Gasteiger partial charge on any atom is 0.227 e. The third-order valence-corrected chi connectivity index (χ3v) is 4.64. The largest absolute Gasteiger partial charge is 0.467 e. The smallest absolute Gasteiger partial charge is 0.227 e. The van der Waals surface area contributed by atoms with E-state index in [9.17, 15) is 4.79 Å². The van der Waals surface area contributed by atoms with Crippen LogP contribution >= 0.6 is 0 Å². The molecule has 0 aliphatic carbocycles. The van der Waals surface area contributed by atoms with E-state index < -0.39 is 0 Å². The second kappa shape index (κ2) is 7.42. The average Bonchev–Trinajstić information content (AvgIpc) is 3.20. The number of carbonyl (C=O) groups excluding carboxylic acids is 1. The van der Waals surface area contributed by atoms with E-state index in [1.807, 2.05) is 37.8 Å². The van der Waals surface area contributed by atoms with Gasteiger partial charge in [-0.1, -0.05) is 38.8 Å². The number of furan rings is 1. The van der Waals surface area contributed by atoms with Gasteiger partial charge < -0.3 is 13.8 Å². The number of likely N-dealkylation sites (tertiary alicyclic amines) is 1. The van der Waals surface area contributed by atoms with Gasteiger partial charge in [0.25, 0.3) is 0 Å². The van der Waals surface area contributed by atoms with Crippen LogP contribution < -0.4 is 0 Å². The van der Waals surface area contributed by atoms with Crippen molar-refractivity contribution >= 4 is 5.91 Å². The molecule has 25 heavy (non-hydrogen) atoms. The maximum absolute atomic E-state index is 12.8. The van der Waals surface area contributed by atoms with Crippen molar-refractivity contribution in [3.05, 3.63) is 35.9 Å². The third-order valence-electron chi connectivity index (χ3n) is 4.64. The number of aryl methyl sites for hydroxylation is 1. The van der Waals surface area contributed by atoms with E-state index in [1.165, 1.54) is 0 Å². The van der Waals surface area contributed by atoms with Crippen molar-refractivity contribution in [1.29, 1.82) is 0 Å². The summed E-state index contributed by atoms with van der Waals surface area (Å²) in [4.78, 5) is 19.2. The van der Waals surface area contributed by atoms with Crippen LogP contribution in [0, 0.1) is 0 Å². The van der Waals surface area contributed by atoms with Gasteiger partial charge in [-0.05, 0) is 25.0 Å². The van der Waals surface area contributed by atoms with Crippen molar-refractivity contribution in [1.82, 2.24) is 15.0 Å². The van der Waals surface area contributed by atoms with Crippen LogP contribution in [0.15, 0.2) is 27.3 Å². The number of hydrogen-bond donors (Lipinski definition) is 0. The summed E-state index contributed by atoms with van der Waals surface area (Å²) in [6.07, 6.45) is 6.79. The standard InChI is InChI=1S/C19H27N3O3/c1-19(2,3)18-20-16(25-21-18)10-11-17(23)22-12-6-4-5-8-14(22)15-9-7-13-24-15/h7,9,13-14H,4-6,8,10-12H2,1-3H3/t14-/m0/s1. The number of hydrogen-bond acceptors (Lipinski definition) is 5. The van der Waals surface area contributed by atoms with Gasteiger partial charge in [0.1, 0.15) is 5.76 Å². The summed E-state index contributed by atoms with van der Waals surface area (Å²) >= 11 is 0. The number of rotatable bonds is 4. The van der Waals surface area contributed by atoms with Crippen molar-refractivity contribution in [2.24, 2.45) is 0 Å². The quantitative estimate of drug-likeness (QED) is 0.836. The van der Waals surface area contributed by atoms with Gasteiger partial charge in [-0.2, -0.15) is 4.98 Å². The van der Waals surface area contributed by atoms with Crippen LogP contribution in [0.1, 0.15) is 76.4 Å². The molecular weight excluding hydrogens is 318 g/mol. The fraction of sp³-hybridized carbons (Fsp3) is 0.632. The lowest BCUT2D eigenvalue weighted by Crippen LogP contribution is -2.34. The van der Waals surface area contributed by atoms with E-state index in [-0.39, 0.29) is 17.4 Å². The summed E-state index contributed by atoms with van der Waals surface area (Å²) in [5.41, 5.74) is -0.152. The van der Waals surface area contributed by atoms with E-state index in [1.54, 1.807) is 6.26 Å². The van der Waals surface area contributed by atoms with Crippen LogP contribution in [-0.4, -0.2) is 27.5 Å². The Labute approximate surface area is 148 Å². The molecule has 1 amide bonds. The Hall–Kier alpha value is -2.11. The molecule has 0 unspecified atom stereocenters. The normalized spacial score (nSPS) is 19.0. The van der Waals surface area contributed by atoms with Crippen molar-refractivity contribution in [2.75, 3.05) is 6.54 Å². The summed E-state index contributed by atoms with van der Waals surface area (Å²) in [5, 5.41) is 4.02. The molecule has 0 aromatic carbocycles. The van der Waals surface area contributed by atoms with Gasteiger partial charge in [-0.3, -0.25) is 4.79 Å². The molecule has 0 bridgehead atoms. The molecule has 2 aromatic heterocycles. The number of aromatic nitrogens is 2. The Kier molecular flexibility index (Phi) is 5.25. The highest BCUT2D eigenvalue weighted by molar-refractivity contribution is 5.76. The zero-order chi connectivity index (χ0) is 17.9. The minimum absolute atomic E-state index is 0.0396. The van der Waals surface area contributed by atoms with Crippen LogP contribution in [0.3, 0.4) is 0 Å². The maximum atomic E-state index is 12.8. The molecule has 0 saturated carbocycles. The lowest BCUT2D eigenvalue weighted by molar-refractivity contribution is -0.134. The highest BCUT2D eigenvalue weighted by atomic mass is 16.5. The fourth-order valence-corrected chi connectivity index (χ4v) is 3.20. The lowest BCUT2D eigenvalue weighted by atomic mass is 9.96. The Morgan fingerprint density at radius 3 is 2.84 bits per heavy atom. The Bertz CT molecular complexity index is 685. The molecule has 1 aliphatic heterocycles. The molecule has 0 radical (unpaired) electrons. The fourth-order valence-electron chi connectivity index (χ4n) is 3.20. The highest BCUT2D eigenvalue weighted by Gasteiger charge is 2.29. The minimum Gasteiger partial charge on any atom is -0.467 e. The molecular formula is C19H27N3O3. The van der Waals surface area contributed by atoms with Crippen molar-refractivity contribution < 1.29 is 13.7 Å². The average molecular weight is 345 g/mol. The Morgan fingerprint density at radius 2 is 2.16 bits per heavy atom. The predicted octanol–water partition coefficient (Wildman–Crippen LogP) is 4.04. The van der Waals surface area contributed by atoms with Gasteiger partial charge in [-0.25, -0.2) is 0 Å². The molecule has 3 heterocycles. The SMILES string of the molecule is CC(C)(C)c1noc(CCC(=O)N2CCCCC[C@H]2c2ccco2)n1. The molecule has 1 aliphatic rings. The molecule has 1 atom stereocenters. The lowest BCUT2D eigenvalue weighted by Gasteiger charge is -2.28. The van der Waals surface area contributed by atoms with E-state index in [0.717, 1.165) is 38.0 Å². The van der Waals surface area contributed by atoms with E-state index in [4.69, 9.17) is 8.94 Å². The van der Waals surface area contributed by atoms with Gasteiger partial charge in [0.05, 0.1) is 12.3 Å². The number of carbonyl (C=O) groups is 1. The highest BCUT2D eigenvalue weighted by Crippen LogP contribution is 2.31. The minimum atomic E-state index is -0.152. The first kappa shape index (κ1) is 17.7. The number of nitrogens with zero attached hydrogens (tertiary/aromatic N) is 3. The molecule has 6 heteroatoms.